The lowest BCUT2D eigenvalue weighted by Gasteiger charge is -2.06. The van der Waals surface area contributed by atoms with E-state index in [-0.39, 0.29) is 5.57 Å². The Kier molecular flexibility index (Phi) is 14.1. The molecule has 184 valence electrons. The fraction of sp³-hybridized carbons (Fsp3) is 0.316. The molecule has 2 N–H and O–H groups in total. The van der Waals surface area contributed by atoms with Gasteiger partial charge in [-0.2, -0.15) is 13.2 Å². The summed E-state index contributed by atoms with van der Waals surface area (Å²) < 4.78 is 46.8. The van der Waals surface area contributed by atoms with Gasteiger partial charge in [0.15, 0.2) is 4.30 Å². The van der Waals surface area contributed by atoms with Crippen molar-refractivity contribution in [3.8, 4) is 5.69 Å². The smallest absolute Gasteiger partial charge is 0.478 e. The zero-order chi connectivity index (χ0) is 25.8. The molecule has 0 spiro atoms. The molecule has 0 unspecified atom stereocenters. The second-order valence-electron chi connectivity index (χ2n) is 5.95. The van der Waals surface area contributed by atoms with Gasteiger partial charge >= 0.3 is 18.1 Å². The van der Waals surface area contributed by atoms with E-state index in [4.69, 9.17) is 61.4 Å². The SMILES string of the molecule is Cc1cn(-c2ccc(C=C(CCCCl)C(=O)O)cc2F)cn1.ClC(Cl)Cl.O=C(O)C(F)(F)F. The minimum atomic E-state index is -5.08. The van der Waals surface area contributed by atoms with Crippen LogP contribution in [0.3, 0.4) is 0 Å². The molecule has 0 amide bonds. The summed E-state index contributed by atoms with van der Waals surface area (Å²) in [7, 11) is 0. The van der Waals surface area contributed by atoms with Gasteiger partial charge in [0.05, 0.1) is 17.7 Å². The molecule has 0 atom stereocenters. The molecule has 0 bridgehead atoms. The predicted octanol–water partition coefficient (Wildman–Crippen LogP) is 6.43. The van der Waals surface area contributed by atoms with Gasteiger partial charge in [-0.1, -0.05) is 40.9 Å². The number of imidazole rings is 1. The van der Waals surface area contributed by atoms with Crippen molar-refractivity contribution in [2.75, 3.05) is 5.88 Å². The zero-order valence-corrected chi connectivity index (χ0v) is 19.8. The van der Waals surface area contributed by atoms with Crippen LogP contribution in [0.1, 0.15) is 24.1 Å². The van der Waals surface area contributed by atoms with Gasteiger partial charge in [-0.15, -0.1) is 11.6 Å². The van der Waals surface area contributed by atoms with Crippen molar-refractivity contribution in [2.45, 2.75) is 30.2 Å². The van der Waals surface area contributed by atoms with Crippen molar-refractivity contribution in [3.05, 3.63) is 53.4 Å². The van der Waals surface area contributed by atoms with Crippen LogP contribution < -0.4 is 0 Å². The Balaban J connectivity index is 0.000000776. The Hall–Kier alpha value is -2.01. The molecule has 14 heteroatoms. The highest BCUT2D eigenvalue weighted by Gasteiger charge is 2.38. The number of hydrogen-bond acceptors (Lipinski definition) is 3. The molecule has 0 aliphatic rings. The van der Waals surface area contributed by atoms with E-state index in [1.807, 2.05) is 6.92 Å². The van der Waals surface area contributed by atoms with Crippen molar-refractivity contribution >= 4 is 64.4 Å². The van der Waals surface area contributed by atoms with Crippen LogP contribution in [0.2, 0.25) is 0 Å². The monoisotopic (exact) mass is 554 g/mol. The summed E-state index contributed by atoms with van der Waals surface area (Å²) in [5.74, 6) is -3.82. The Morgan fingerprint density at radius 1 is 1.21 bits per heavy atom. The molecule has 2 aromatic rings. The van der Waals surface area contributed by atoms with Crippen LogP contribution in [0.25, 0.3) is 11.8 Å². The number of carbonyl (C=O) groups is 2. The van der Waals surface area contributed by atoms with Crippen LogP contribution in [0.4, 0.5) is 17.6 Å². The van der Waals surface area contributed by atoms with Crippen molar-refractivity contribution in [2.24, 2.45) is 0 Å². The molecule has 0 saturated carbocycles. The van der Waals surface area contributed by atoms with Crippen LogP contribution >= 0.6 is 46.4 Å². The maximum atomic E-state index is 14.2. The summed E-state index contributed by atoms with van der Waals surface area (Å²) in [6.45, 7) is 1.82. The molecule has 0 fully saturated rings. The molecular formula is C19H18Cl4F4N2O4. The molecular weight excluding hydrogens is 538 g/mol. The molecule has 2 rings (SSSR count). The summed E-state index contributed by atoms with van der Waals surface area (Å²) in [6.07, 6.45) is 0.557. The second-order valence-corrected chi connectivity index (χ2v) is 8.31. The minimum absolute atomic E-state index is 0.214. The first-order chi connectivity index (χ1) is 15.2. The molecule has 6 nitrogen and oxygen atoms in total. The fourth-order valence-electron chi connectivity index (χ4n) is 2.07. The lowest BCUT2D eigenvalue weighted by Crippen LogP contribution is -2.21. The molecule has 1 aromatic heterocycles. The van der Waals surface area contributed by atoms with E-state index in [0.29, 0.717) is 30.0 Å². The average Bonchev–Trinajstić information content (AvgIpc) is 3.10. The average molecular weight is 556 g/mol. The summed E-state index contributed by atoms with van der Waals surface area (Å²) in [6, 6.07) is 4.59. The molecule has 1 heterocycles. The number of rotatable bonds is 6. The van der Waals surface area contributed by atoms with E-state index in [1.54, 1.807) is 22.9 Å². The Morgan fingerprint density at radius 2 is 1.76 bits per heavy atom. The molecule has 0 aliphatic carbocycles. The van der Waals surface area contributed by atoms with E-state index in [2.05, 4.69) is 4.98 Å². The van der Waals surface area contributed by atoms with Crippen molar-refractivity contribution in [3.63, 3.8) is 0 Å². The van der Waals surface area contributed by atoms with E-state index in [0.717, 1.165) is 5.69 Å². The summed E-state index contributed by atoms with van der Waals surface area (Å²) in [5, 5.41) is 16.3. The maximum absolute atomic E-state index is 14.2. The highest BCUT2D eigenvalue weighted by molar-refractivity contribution is 6.63. The van der Waals surface area contributed by atoms with E-state index in [9.17, 15) is 22.4 Å². The van der Waals surface area contributed by atoms with E-state index >= 15 is 0 Å². The van der Waals surface area contributed by atoms with Crippen LogP contribution in [0.15, 0.2) is 36.3 Å². The lowest BCUT2D eigenvalue weighted by atomic mass is 10.1. The van der Waals surface area contributed by atoms with Crippen molar-refractivity contribution in [1.82, 2.24) is 9.55 Å². The van der Waals surface area contributed by atoms with Gasteiger partial charge in [-0.3, -0.25) is 0 Å². The number of benzene rings is 1. The third kappa shape index (κ3) is 13.3. The van der Waals surface area contributed by atoms with Crippen molar-refractivity contribution < 1.29 is 37.4 Å². The predicted molar refractivity (Wildman–Crippen MR) is 119 cm³/mol. The van der Waals surface area contributed by atoms with Crippen LogP contribution in [0, 0.1) is 12.7 Å². The maximum Gasteiger partial charge on any atom is 0.490 e. The van der Waals surface area contributed by atoms with E-state index in [1.165, 1.54) is 18.5 Å². The quantitative estimate of drug-likeness (QED) is 0.243. The number of nitrogens with zero attached hydrogens (tertiary/aromatic N) is 2. The van der Waals surface area contributed by atoms with Gasteiger partial charge < -0.3 is 14.8 Å². The summed E-state index contributed by atoms with van der Waals surface area (Å²) in [5.41, 5.74) is 1.88. The number of aryl methyl sites for hydroxylation is 1. The van der Waals surface area contributed by atoms with Crippen LogP contribution in [-0.2, 0) is 9.59 Å². The molecule has 0 aliphatic heterocycles. The summed E-state index contributed by atoms with van der Waals surface area (Å²) >= 11 is 20.0. The number of carboxylic acids is 2. The molecule has 33 heavy (non-hydrogen) atoms. The third-order valence-electron chi connectivity index (χ3n) is 3.40. The fourth-order valence-corrected chi connectivity index (χ4v) is 2.21. The second kappa shape index (κ2) is 15.0. The summed E-state index contributed by atoms with van der Waals surface area (Å²) in [4.78, 5) is 24.1. The number of aromatic nitrogens is 2. The first-order valence-electron chi connectivity index (χ1n) is 8.71. The highest BCUT2D eigenvalue weighted by Crippen LogP contribution is 2.19. The zero-order valence-electron chi connectivity index (χ0n) is 16.8. The first-order valence-corrected chi connectivity index (χ1v) is 10.6. The van der Waals surface area contributed by atoms with Gasteiger partial charge in [-0.05, 0) is 43.5 Å². The Bertz CT molecular complexity index is 947. The molecule has 1 aromatic carbocycles. The topological polar surface area (TPSA) is 92.4 Å². The Labute approximate surface area is 206 Å². The third-order valence-corrected chi connectivity index (χ3v) is 3.67. The first kappa shape index (κ1) is 31.0. The minimum Gasteiger partial charge on any atom is -0.478 e. The number of halogens is 8. The normalized spacial score (nSPS) is 11.3. The molecule has 0 saturated heterocycles. The van der Waals surface area contributed by atoms with Crippen LogP contribution in [0.5, 0.6) is 0 Å². The van der Waals surface area contributed by atoms with E-state index < -0.39 is 28.2 Å². The molecule has 0 radical (unpaired) electrons. The Morgan fingerprint density at radius 3 is 2.12 bits per heavy atom. The largest absolute Gasteiger partial charge is 0.490 e. The number of hydrogen-bond donors (Lipinski definition) is 2. The van der Waals surface area contributed by atoms with Gasteiger partial charge in [0.25, 0.3) is 0 Å². The van der Waals surface area contributed by atoms with Gasteiger partial charge in [0.1, 0.15) is 5.82 Å². The standard InChI is InChI=1S/C16H16ClFN2O2.C2HF3O2.CHCl3/c1-11-9-20(10-19-11)15-5-4-12(8-14(15)18)7-13(16(21)22)3-2-6-17;3-2(4,5)1(6)7;2-1(3)4/h4-5,7-10H,2-3,6H2,1H3,(H,21,22);(H,6,7);1H. The van der Waals surface area contributed by atoms with Crippen LogP contribution in [-0.4, -0.2) is 48.1 Å². The van der Waals surface area contributed by atoms with Gasteiger partial charge in [0.2, 0.25) is 0 Å². The lowest BCUT2D eigenvalue weighted by molar-refractivity contribution is -0.192. The number of carboxylic acid groups (broad SMARTS) is 2. The highest BCUT2D eigenvalue weighted by atomic mass is 35.6. The van der Waals surface area contributed by atoms with Crippen molar-refractivity contribution in [1.29, 1.82) is 0 Å². The van der Waals surface area contributed by atoms with Gasteiger partial charge in [-0.25, -0.2) is 19.0 Å². The van der Waals surface area contributed by atoms with Gasteiger partial charge in [0, 0.05) is 17.6 Å². The number of alkyl halides is 7. The number of aliphatic carboxylic acids is 2.